The van der Waals surface area contributed by atoms with Gasteiger partial charge in [0.05, 0.1) is 0 Å². The Morgan fingerprint density at radius 2 is 1.37 bits per heavy atom. The van der Waals surface area contributed by atoms with E-state index in [2.05, 4.69) is 31.2 Å². The number of aryl methyl sites for hydroxylation is 1. The van der Waals surface area contributed by atoms with Gasteiger partial charge in [-0.05, 0) is 41.2 Å². The molecule has 0 unspecified atom stereocenters. The first kappa shape index (κ1) is 22.0. The lowest BCUT2D eigenvalue weighted by Gasteiger charge is -2.17. The molecule has 30 heavy (non-hydrogen) atoms. The molecule has 3 aromatic rings. The van der Waals surface area contributed by atoms with E-state index in [0.29, 0.717) is 11.1 Å². The second-order valence-electron chi connectivity index (χ2n) is 9.01. The molecular formula is C28H31FO. The first-order chi connectivity index (χ1) is 14.3. The van der Waals surface area contributed by atoms with Gasteiger partial charge in [-0.2, -0.15) is 0 Å². The zero-order valence-corrected chi connectivity index (χ0v) is 18.5. The van der Waals surface area contributed by atoms with Crippen molar-refractivity contribution in [1.82, 2.24) is 0 Å². The van der Waals surface area contributed by atoms with Gasteiger partial charge in [0, 0.05) is 16.5 Å². The minimum Gasteiger partial charge on any atom is -0.294 e. The molecular weight excluding hydrogens is 371 g/mol. The summed E-state index contributed by atoms with van der Waals surface area (Å²) in [5.74, 6) is -0.421. The van der Waals surface area contributed by atoms with Gasteiger partial charge in [0.1, 0.15) is 5.82 Å². The van der Waals surface area contributed by atoms with Crippen molar-refractivity contribution in [1.29, 1.82) is 0 Å². The van der Waals surface area contributed by atoms with E-state index in [1.54, 1.807) is 12.1 Å². The van der Waals surface area contributed by atoms with Crippen molar-refractivity contribution in [2.75, 3.05) is 0 Å². The Kier molecular flexibility index (Phi) is 6.87. The third-order valence-corrected chi connectivity index (χ3v) is 5.46. The van der Waals surface area contributed by atoms with Gasteiger partial charge in [0.15, 0.2) is 5.78 Å². The van der Waals surface area contributed by atoms with Gasteiger partial charge < -0.3 is 0 Å². The summed E-state index contributed by atoms with van der Waals surface area (Å²) in [6.07, 6.45) is 4.86. The van der Waals surface area contributed by atoms with E-state index < -0.39 is 5.41 Å². The van der Waals surface area contributed by atoms with Gasteiger partial charge in [-0.3, -0.25) is 4.79 Å². The predicted octanol–water partition coefficient (Wildman–Crippen LogP) is 8.12. The fourth-order valence-corrected chi connectivity index (χ4v) is 3.61. The van der Waals surface area contributed by atoms with Crippen LogP contribution in [-0.4, -0.2) is 5.78 Å². The average Bonchev–Trinajstić information content (AvgIpc) is 2.73. The lowest BCUT2D eigenvalue weighted by Crippen LogP contribution is -2.20. The monoisotopic (exact) mass is 402 g/mol. The van der Waals surface area contributed by atoms with Crippen LogP contribution in [0.25, 0.3) is 22.3 Å². The maximum absolute atomic E-state index is 14.7. The second kappa shape index (κ2) is 9.38. The molecule has 0 spiro atoms. The fourth-order valence-electron chi connectivity index (χ4n) is 3.61. The van der Waals surface area contributed by atoms with Crippen LogP contribution in [0.1, 0.15) is 62.9 Å². The number of hydrogen-bond donors (Lipinski definition) is 0. The minimum absolute atomic E-state index is 0.0542. The Bertz CT molecular complexity index is 992. The Morgan fingerprint density at radius 1 is 0.800 bits per heavy atom. The predicted molar refractivity (Wildman–Crippen MR) is 124 cm³/mol. The molecule has 0 saturated carbocycles. The van der Waals surface area contributed by atoms with E-state index in [4.69, 9.17) is 0 Å². The van der Waals surface area contributed by atoms with Crippen LogP contribution in [0.5, 0.6) is 0 Å². The molecule has 2 heteroatoms. The van der Waals surface area contributed by atoms with Gasteiger partial charge in [-0.15, -0.1) is 0 Å². The summed E-state index contributed by atoms with van der Waals surface area (Å²) in [5.41, 5.74) is 4.85. The number of Topliss-reactive ketones (excluding diaryl/α,β-unsaturated/α-hetero) is 1. The number of benzene rings is 3. The number of hydrogen-bond acceptors (Lipinski definition) is 1. The summed E-state index contributed by atoms with van der Waals surface area (Å²) >= 11 is 0. The van der Waals surface area contributed by atoms with Crippen LogP contribution in [-0.2, 0) is 6.42 Å². The van der Waals surface area contributed by atoms with Crippen molar-refractivity contribution in [2.24, 2.45) is 5.41 Å². The molecule has 0 aliphatic carbocycles. The lowest BCUT2D eigenvalue weighted by molar-refractivity contribution is 0.0858. The van der Waals surface area contributed by atoms with Crippen molar-refractivity contribution < 1.29 is 9.18 Å². The van der Waals surface area contributed by atoms with Crippen LogP contribution in [0.2, 0.25) is 0 Å². The summed E-state index contributed by atoms with van der Waals surface area (Å²) < 4.78 is 14.7. The van der Waals surface area contributed by atoms with Crippen LogP contribution >= 0.6 is 0 Å². The first-order valence-corrected chi connectivity index (χ1v) is 10.8. The van der Waals surface area contributed by atoms with Crippen LogP contribution in [0.3, 0.4) is 0 Å². The molecule has 1 nitrogen and oxygen atoms in total. The summed E-state index contributed by atoms with van der Waals surface area (Å²) in [7, 11) is 0. The molecule has 0 heterocycles. The summed E-state index contributed by atoms with van der Waals surface area (Å²) in [4.78, 5) is 12.4. The SMILES string of the molecule is CCCCCc1ccc(-c2ccc(-c3ccc(C(=O)C(C)(C)C)cc3F)cc2)cc1. The molecule has 0 N–H and O–H groups in total. The Hall–Kier alpha value is -2.74. The highest BCUT2D eigenvalue weighted by Gasteiger charge is 2.23. The largest absolute Gasteiger partial charge is 0.294 e. The molecule has 0 bridgehead atoms. The Morgan fingerprint density at radius 3 is 1.90 bits per heavy atom. The highest BCUT2D eigenvalue weighted by molar-refractivity contribution is 6.00. The van der Waals surface area contributed by atoms with Gasteiger partial charge in [0.2, 0.25) is 0 Å². The van der Waals surface area contributed by atoms with E-state index in [-0.39, 0.29) is 11.6 Å². The fraction of sp³-hybridized carbons (Fsp3) is 0.321. The summed E-state index contributed by atoms with van der Waals surface area (Å²) in [5, 5.41) is 0. The number of ketones is 1. The smallest absolute Gasteiger partial charge is 0.168 e. The van der Waals surface area contributed by atoms with Gasteiger partial charge >= 0.3 is 0 Å². The number of halogens is 1. The third-order valence-electron chi connectivity index (χ3n) is 5.46. The van der Waals surface area contributed by atoms with Crippen LogP contribution in [0.4, 0.5) is 4.39 Å². The number of rotatable bonds is 7. The number of carbonyl (C=O) groups excluding carboxylic acids is 1. The number of unbranched alkanes of at least 4 members (excludes halogenated alkanes) is 2. The Labute approximate surface area is 180 Å². The standard InChI is InChI=1S/C28H31FO/c1-5-6-7-8-20-9-11-21(12-10-20)22-13-15-23(16-14-22)25-18-17-24(19-26(25)29)27(30)28(2,3)4/h9-19H,5-8H2,1-4H3. The van der Waals surface area contributed by atoms with Crippen molar-refractivity contribution in [3.8, 4) is 22.3 Å². The molecule has 0 aromatic heterocycles. The van der Waals surface area contributed by atoms with E-state index in [0.717, 1.165) is 23.1 Å². The van der Waals surface area contributed by atoms with Crippen molar-refractivity contribution >= 4 is 5.78 Å². The molecule has 0 aliphatic rings. The van der Waals surface area contributed by atoms with Crippen LogP contribution < -0.4 is 0 Å². The zero-order chi connectivity index (χ0) is 21.7. The van der Waals surface area contributed by atoms with Crippen LogP contribution in [0, 0.1) is 11.2 Å². The molecule has 0 atom stereocenters. The summed E-state index contributed by atoms with van der Waals surface area (Å²) in [6.45, 7) is 7.76. The molecule has 156 valence electrons. The summed E-state index contributed by atoms with van der Waals surface area (Å²) in [6, 6.07) is 21.4. The van der Waals surface area contributed by atoms with Crippen molar-refractivity contribution in [2.45, 2.75) is 53.4 Å². The molecule has 3 rings (SSSR count). The van der Waals surface area contributed by atoms with Gasteiger partial charge in [0.25, 0.3) is 0 Å². The van der Waals surface area contributed by atoms with Crippen molar-refractivity contribution in [3.63, 3.8) is 0 Å². The van der Waals surface area contributed by atoms with Crippen LogP contribution in [0.15, 0.2) is 66.7 Å². The maximum Gasteiger partial charge on any atom is 0.168 e. The minimum atomic E-state index is -0.527. The average molecular weight is 403 g/mol. The molecule has 0 fully saturated rings. The van der Waals surface area contributed by atoms with E-state index >= 15 is 0 Å². The zero-order valence-electron chi connectivity index (χ0n) is 18.5. The van der Waals surface area contributed by atoms with Gasteiger partial charge in [-0.25, -0.2) is 4.39 Å². The first-order valence-electron chi connectivity index (χ1n) is 10.8. The molecule has 0 amide bonds. The van der Waals surface area contributed by atoms with Gasteiger partial charge in [-0.1, -0.05) is 101 Å². The maximum atomic E-state index is 14.7. The van der Waals surface area contributed by atoms with E-state index in [1.165, 1.54) is 30.9 Å². The highest BCUT2D eigenvalue weighted by atomic mass is 19.1. The third kappa shape index (κ3) is 5.24. The lowest BCUT2D eigenvalue weighted by atomic mass is 9.86. The highest BCUT2D eigenvalue weighted by Crippen LogP contribution is 2.29. The second-order valence-corrected chi connectivity index (χ2v) is 9.01. The van der Waals surface area contributed by atoms with Crippen molar-refractivity contribution in [3.05, 3.63) is 83.7 Å². The topological polar surface area (TPSA) is 17.1 Å². The quantitative estimate of drug-likeness (QED) is 0.288. The molecule has 0 aliphatic heterocycles. The van der Waals surface area contributed by atoms with E-state index in [1.807, 2.05) is 45.0 Å². The Balaban J connectivity index is 1.76. The molecule has 3 aromatic carbocycles. The molecule has 0 saturated heterocycles. The normalized spacial score (nSPS) is 11.5. The number of carbonyl (C=O) groups is 1. The molecule has 0 radical (unpaired) electrons. The van der Waals surface area contributed by atoms with E-state index in [9.17, 15) is 9.18 Å².